The third-order valence-electron chi connectivity index (χ3n) is 3.82. The third kappa shape index (κ3) is 3.80. The zero-order valence-corrected chi connectivity index (χ0v) is 14.2. The number of aromatic nitrogens is 2. The first kappa shape index (κ1) is 17.0. The Balaban J connectivity index is 1.88. The maximum absolute atomic E-state index is 14.0. The summed E-state index contributed by atoms with van der Waals surface area (Å²) in [6.07, 6.45) is 2.12. The van der Waals surface area contributed by atoms with Crippen molar-refractivity contribution in [2.45, 2.75) is 43.2 Å². The molecule has 1 aromatic heterocycles. The Hall–Kier alpha value is -1.84. The van der Waals surface area contributed by atoms with Crippen LogP contribution in [0.15, 0.2) is 27.6 Å². The van der Waals surface area contributed by atoms with E-state index < -0.39 is 20.7 Å². The number of rotatable bonds is 7. The van der Waals surface area contributed by atoms with Crippen LogP contribution in [0.25, 0.3) is 11.5 Å². The van der Waals surface area contributed by atoms with Crippen molar-refractivity contribution in [3.8, 4) is 11.5 Å². The van der Waals surface area contributed by atoms with E-state index in [0.29, 0.717) is 17.8 Å². The van der Waals surface area contributed by atoms with Crippen LogP contribution in [0.4, 0.5) is 4.39 Å². The molecule has 1 aromatic carbocycles. The van der Waals surface area contributed by atoms with E-state index in [9.17, 15) is 12.8 Å². The summed E-state index contributed by atoms with van der Waals surface area (Å²) in [5.74, 6) is -0.150. The van der Waals surface area contributed by atoms with Crippen molar-refractivity contribution in [2.75, 3.05) is 7.05 Å². The lowest BCUT2D eigenvalue weighted by atomic mass is 10.2. The molecule has 9 heteroatoms. The zero-order valence-electron chi connectivity index (χ0n) is 13.4. The van der Waals surface area contributed by atoms with Gasteiger partial charge in [-0.3, -0.25) is 0 Å². The van der Waals surface area contributed by atoms with Gasteiger partial charge in [0.2, 0.25) is 10.0 Å². The molecule has 1 aliphatic carbocycles. The molecule has 3 rings (SSSR count). The highest BCUT2D eigenvalue weighted by Crippen LogP contribution is 2.26. The summed E-state index contributed by atoms with van der Waals surface area (Å²) in [5, 5.41) is 6.93. The second-order valence-electron chi connectivity index (χ2n) is 5.95. The molecule has 0 saturated heterocycles. The van der Waals surface area contributed by atoms with Gasteiger partial charge in [0.15, 0.2) is 5.82 Å². The maximum Gasteiger partial charge on any atom is 0.257 e. The van der Waals surface area contributed by atoms with Gasteiger partial charge in [0.1, 0.15) is 10.7 Å². The number of nitrogens with zero attached hydrogens (tertiary/aromatic N) is 2. The van der Waals surface area contributed by atoms with Crippen LogP contribution in [0, 0.1) is 5.82 Å². The monoisotopic (exact) mass is 354 g/mol. The highest BCUT2D eigenvalue weighted by molar-refractivity contribution is 7.89. The van der Waals surface area contributed by atoms with Gasteiger partial charge in [-0.2, -0.15) is 4.98 Å². The predicted octanol–water partition coefficient (Wildman–Crippen LogP) is 1.47. The summed E-state index contributed by atoms with van der Waals surface area (Å²) < 4.78 is 46.1. The van der Waals surface area contributed by atoms with Crippen LogP contribution >= 0.6 is 0 Å². The van der Waals surface area contributed by atoms with E-state index >= 15 is 0 Å². The van der Waals surface area contributed by atoms with E-state index in [2.05, 4.69) is 20.2 Å². The van der Waals surface area contributed by atoms with Crippen molar-refractivity contribution in [3.63, 3.8) is 0 Å². The lowest BCUT2D eigenvalue weighted by Crippen LogP contribution is -2.26. The predicted molar refractivity (Wildman–Crippen MR) is 85.3 cm³/mol. The summed E-state index contributed by atoms with van der Waals surface area (Å²) in [6.45, 7) is 1.97. The molecule has 1 aliphatic rings. The Morgan fingerprint density at radius 2 is 2.17 bits per heavy atom. The van der Waals surface area contributed by atoms with Crippen LogP contribution < -0.4 is 10.0 Å². The van der Waals surface area contributed by atoms with Gasteiger partial charge in [-0.05, 0) is 45.0 Å². The average molecular weight is 354 g/mol. The van der Waals surface area contributed by atoms with Gasteiger partial charge in [0.25, 0.3) is 5.89 Å². The largest absolute Gasteiger partial charge is 0.334 e. The molecule has 0 amide bonds. The SMILES string of the molecule is CNC(C)Cc1noc(-c2ccc(F)c(S(=O)(=O)NC3CC3)c2)n1. The lowest BCUT2D eigenvalue weighted by Gasteiger charge is -2.07. The van der Waals surface area contributed by atoms with Crippen LogP contribution in [-0.4, -0.2) is 37.7 Å². The molecule has 1 heterocycles. The normalized spacial score (nSPS) is 16.3. The molecule has 24 heavy (non-hydrogen) atoms. The van der Waals surface area contributed by atoms with Crippen molar-refractivity contribution in [3.05, 3.63) is 29.8 Å². The van der Waals surface area contributed by atoms with Crippen LogP contribution in [0.3, 0.4) is 0 Å². The zero-order chi connectivity index (χ0) is 17.3. The fourth-order valence-corrected chi connectivity index (χ4v) is 3.56. The first-order valence-corrected chi connectivity index (χ1v) is 9.19. The Morgan fingerprint density at radius 1 is 1.42 bits per heavy atom. The second kappa shape index (κ2) is 6.58. The molecule has 2 N–H and O–H groups in total. The first-order valence-electron chi connectivity index (χ1n) is 7.71. The molecule has 130 valence electrons. The number of likely N-dealkylation sites (N-methyl/N-ethyl adjacent to an activating group) is 1. The van der Waals surface area contributed by atoms with Crippen LogP contribution in [0.1, 0.15) is 25.6 Å². The minimum Gasteiger partial charge on any atom is -0.334 e. The van der Waals surface area contributed by atoms with E-state index in [1.54, 1.807) is 0 Å². The smallest absolute Gasteiger partial charge is 0.257 e. The van der Waals surface area contributed by atoms with Gasteiger partial charge < -0.3 is 9.84 Å². The molecule has 0 bridgehead atoms. The van der Waals surface area contributed by atoms with Crippen LogP contribution in [-0.2, 0) is 16.4 Å². The minimum absolute atomic E-state index is 0.101. The van der Waals surface area contributed by atoms with E-state index in [-0.39, 0.29) is 18.0 Å². The van der Waals surface area contributed by atoms with Crippen molar-refractivity contribution in [2.24, 2.45) is 0 Å². The van der Waals surface area contributed by atoms with Crippen LogP contribution in [0.2, 0.25) is 0 Å². The van der Waals surface area contributed by atoms with Crippen LogP contribution in [0.5, 0.6) is 0 Å². The Kier molecular flexibility index (Phi) is 4.66. The van der Waals surface area contributed by atoms with Crippen molar-refractivity contribution in [1.29, 1.82) is 0 Å². The maximum atomic E-state index is 14.0. The number of benzene rings is 1. The van der Waals surface area contributed by atoms with Gasteiger partial charge in [-0.1, -0.05) is 5.16 Å². The number of nitrogens with one attached hydrogen (secondary N) is 2. The molecule has 7 nitrogen and oxygen atoms in total. The summed E-state index contributed by atoms with van der Waals surface area (Å²) in [4.78, 5) is 3.83. The summed E-state index contributed by atoms with van der Waals surface area (Å²) >= 11 is 0. The number of halogens is 1. The van der Waals surface area contributed by atoms with E-state index in [1.165, 1.54) is 12.1 Å². The summed E-state index contributed by atoms with van der Waals surface area (Å²) in [5.41, 5.74) is 0.364. The first-order chi connectivity index (χ1) is 11.4. The lowest BCUT2D eigenvalue weighted by molar-refractivity contribution is 0.418. The summed E-state index contributed by atoms with van der Waals surface area (Å²) in [6, 6.07) is 3.80. The fraction of sp³-hybridized carbons (Fsp3) is 0.467. The van der Waals surface area contributed by atoms with E-state index in [0.717, 1.165) is 18.9 Å². The third-order valence-corrected chi connectivity index (χ3v) is 5.35. The molecule has 2 aromatic rings. The fourth-order valence-electron chi connectivity index (χ4n) is 2.16. The van der Waals surface area contributed by atoms with Gasteiger partial charge >= 0.3 is 0 Å². The highest BCUT2D eigenvalue weighted by Gasteiger charge is 2.30. The average Bonchev–Trinajstić information content (AvgIpc) is 3.22. The molecule has 1 saturated carbocycles. The molecular formula is C15H19FN4O3S. The van der Waals surface area contributed by atoms with Gasteiger partial charge in [-0.25, -0.2) is 17.5 Å². The van der Waals surface area contributed by atoms with Crippen molar-refractivity contribution in [1.82, 2.24) is 20.2 Å². The number of hydrogen-bond donors (Lipinski definition) is 2. The Morgan fingerprint density at radius 3 is 2.83 bits per heavy atom. The van der Waals surface area contributed by atoms with Crippen molar-refractivity contribution >= 4 is 10.0 Å². The van der Waals surface area contributed by atoms with Crippen molar-refractivity contribution < 1.29 is 17.3 Å². The molecule has 1 fully saturated rings. The second-order valence-corrected chi connectivity index (χ2v) is 7.63. The highest BCUT2D eigenvalue weighted by atomic mass is 32.2. The molecule has 1 atom stereocenters. The van der Waals surface area contributed by atoms with E-state index in [4.69, 9.17) is 4.52 Å². The molecule has 0 spiro atoms. The van der Waals surface area contributed by atoms with E-state index in [1.807, 2.05) is 14.0 Å². The number of sulfonamides is 1. The minimum atomic E-state index is -3.90. The van der Waals surface area contributed by atoms with Gasteiger partial charge in [-0.15, -0.1) is 0 Å². The number of hydrogen-bond acceptors (Lipinski definition) is 6. The molecule has 0 radical (unpaired) electrons. The van der Waals surface area contributed by atoms with Gasteiger partial charge in [0, 0.05) is 24.1 Å². The molecular weight excluding hydrogens is 335 g/mol. The molecule has 1 unspecified atom stereocenters. The molecule has 0 aliphatic heterocycles. The van der Waals surface area contributed by atoms with Gasteiger partial charge in [0.05, 0.1) is 0 Å². The Bertz CT molecular complexity index is 833. The Labute approximate surface area is 139 Å². The quantitative estimate of drug-likeness (QED) is 0.781. The standard InChI is InChI=1S/C15H19FN4O3S/c1-9(17-2)7-14-18-15(23-19-14)10-3-6-12(16)13(8-10)24(21,22)20-11-4-5-11/h3,6,8-9,11,17,20H,4-5,7H2,1-2H3. The topological polar surface area (TPSA) is 97.1 Å². The summed E-state index contributed by atoms with van der Waals surface area (Å²) in [7, 11) is -2.07.